The summed E-state index contributed by atoms with van der Waals surface area (Å²) in [7, 11) is 1.64. The molecule has 0 aliphatic rings. The van der Waals surface area contributed by atoms with Crippen LogP contribution >= 0.6 is 0 Å². The van der Waals surface area contributed by atoms with Gasteiger partial charge in [0.15, 0.2) is 0 Å². The molecule has 0 heterocycles. The summed E-state index contributed by atoms with van der Waals surface area (Å²) < 4.78 is 5.06. The Bertz CT molecular complexity index is 501. The topological polar surface area (TPSA) is 93.4 Å². The molecule has 6 nitrogen and oxygen atoms in total. The SMILES string of the molecule is COCc1cccc(CNC(=O)NCC(C)(C)C(N)=O)c1. The Kier molecular flexibility index (Phi) is 6.17. The smallest absolute Gasteiger partial charge is 0.315 e. The molecular formula is C15H23N3O3. The first kappa shape index (κ1) is 17.0. The van der Waals surface area contributed by atoms with Crippen LogP contribution in [0.25, 0.3) is 0 Å². The minimum absolute atomic E-state index is 0.192. The van der Waals surface area contributed by atoms with Crippen molar-refractivity contribution in [2.75, 3.05) is 13.7 Å². The molecule has 0 fully saturated rings. The van der Waals surface area contributed by atoms with Crippen molar-refractivity contribution in [2.45, 2.75) is 27.0 Å². The Morgan fingerprint density at radius 3 is 2.52 bits per heavy atom. The van der Waals surface area contributed by atoms with Crippen LogP contribution in [0.4, 0.5) is 4.79 Å². The summed E-state index contributed by atoms with van der Waals surface area (Å²) in [6.45, 7) is 4.50. The van der Waals surface area contributed by atoms with E-state index in [9.17, 15) is 9.59 Å². The highest BCUT2D eigenvalue weighted by atomic mass is 16.5. The first-order valence-corrected chi connectivity index (χ1v) is 6.73. The van der Waals surface area contributed by atoms with Crippen LogP contribution in [-0.4, -0.2) is 25.6 Å². The van der Waals surface area contributed by atoms with Crippen LogP contribution in [-0.2, 0) is 22.7 Å². The van der Waals surface area contributed by atoms with Crippen LogP contribution < -0.4 is 16.4 Å². The lowest BCUT2D eigenvalue weighted by Crippen LogP contribution is -2.45. The largest absolute Gasteiger partial charge is 0.380 e. The van der Waals surface area contributed by atoms with Crippen LogP contribution in [0.2, 0.25) is 0 Å². The van der Waals surface area contributed by atoms with Crippen LogP contribution in [0.5, 0.6) is 0 Å². The Morgan fingerprint density at radius 2 is 1.90 bits per heavy atom. The second-order valence-corrected chi connectivity index (χ2v) is 5.54. The first-order valence-electron chi connectivity index (χ1n) is 6.73. The number of nitrogens with one attached hydrogen (secondary N) is 2. The number of carbonyl (C=O) groups is 2. The van der Waals surface area contributed by atoms with E-state index >= 15 is 0 Å². The third-order valence-electron chi connectivity index (χ3n) is 3.11. The number of primary amides is 1. The molecule has 0 atom stereocenters. The van der Waals surface area contributed by atoms with E-state index in [0.29, 0.717) is 13.2 Å². The van der Waals surface area contributed by atoms with Gasteiger partial charge in [-0.05, 0) is 25.0 Å². The van der Waals surface area contributed by atoms with Gasteiger partial charge in [0.25, 0.3) is 0 Å². The molecule has 0 aliphatic heterocycles. The molecule has 1 aromatic carbocycles. The minimum atomic E-state index is -0.768. The standard InChI is InChI=1S/C15H23N3O3/c1-15(2,13(16)19)10-18-14(20)17-8-11-5-4-6-12(7-11)9-21-3/h4-7H,8-10H2,1-3H3,(H2,16,19)(H2,17,18,20). The predicted molar refractivity (Wildman–Crippen MR) is 80.4 cm³/mol. The Labute approximate surface area is 125 Å². The van der Waals surface area contributed by atoms with E-state index in [1.54, 1.807) is 21.0 Å². The Hall–Kier alpha value is -2.08. The molecule has 1 aromatic rings. The Morgan fingerprint density at radius 1 is 1.24 bits per heavy atom. The molecule has 0 bridgehead atoms. The molecule has 0 aromatic heterocycles. The monoisotopic (exact) mass is 293 g/mol. The van der Waals surface area contributed by atoms with Gasteiger partial charge in [0, 0.05) is 20.2 Å². The zero-order valence-corrected chi connectivity index (χ0v) is 12.7. The number of benzene rings is 1. The predicted octanol–water partition coefficient (Wildman–Crippen LogP) is 1.14. The van der Waals surface area contributed by atoms with Gasteiger partial charge in [-0.1, -0.05) is 24.3 Å². The van der Waals surface area contributed by atoms with Gasteiger partial charge in [0.2, 0.25) is 5.91 Å². The maximum atomic E-state index is 11.7. The fourth-order valence-electron chi connectivity index (χ4n) is 1.63. The molecule has 0 saturated carbocycles. The molecule has 3 amide bonds. The average Bonchev–Trinajstić information content (AvgIpc) is 2.43. The highest BCUT2D eigenvalue weighted by molar-refractivity contribution is 5.81. The summed E-state index contributed by atoms with van der Waals surface area (Å²) in [5.41, 5.74) is 6.50. The molecule has 0 radical (unpaired) electrons. The van der Waals surface area contributed by atoms with Crippen molar-refractivity contribution in [3.05, 3.63) is 35.4 Å². The maximum Gasteiger partial charge on any atom is 0.315 e. The van der Waals surface area contributed by atoms with E-state index in [1.165, 1.54) is 0 Å². The molecule has 0 saturated heterocycles. The van der Waals surface area contributed by atoms with E-state index < -0.39 is 11.3 Å². The van der Waals surface area contributed by atoms with Crippen molar-refractivity contribution >= 4 is 11.9 Å². The van der Waals surface area contributed by atoms with Crippen LogP contribution in [0.15, 0.2) is 24.3 Å². The lowest BCUT2D eigenvalue weighted by Gasteiger charge is -2.20. The van der Waals surface area contributed by atoms with Crippen LogP contribution in [0.1, 0.15) is 25.0 Å². The molecule has 4 N–H and O–H groups in total. The molecule has 0 unspecified atom stereocenters. The molecule has 6 heteroatoms. The van der Waals surface area contributed by atoms with E-state index in [-0.39, 0.29) is 12.6 Å². The van der Waals surface area contributed by atoms with E-state index in [1.807, 2.05) is 24.3 Å². The van der Waals surface area contributed by atoms with Gasteiger partial charge in [0.05, 0.1) is 12.0 Å². The average molecular weight is 293 g/mol. The van der Waals surface area contributed by atoms with Gasteiger partial charge in [-0.25, -0.2) is 4.79 Å². The second kappa shape index (κ2) is 7.64. The van der Waals surface area contributed by atoms with Crippen LogP contribution in [0.3, 0.4) is 0 Å². The summed E-state index contributed by atoms with van der Waals surface area (Å²) in [5.74, 6) is -0.449. The maximum absolute atomic E-state index is 11.7. The van der Waals surface area contributed by atoms with Crippen molar-refractivity contribution in [2.24, 2.45) is 11.1 Å². The summed E-state index contributed by atoms with van der Waals surface area (Å²) >= 11 is 0. The quantitative estimate of drug-likeness (QED) is 0.704. The normalized spacial score (nSPS) is 11.0. The summed E-state index contributed by atoms with van der Waals surface area (Å²) in [4.78, 5) is 22.8. The van der Waals surface area contributed by atoms with Crippen molar-refractivity contribution in [3.63, 3.8) is 0 Å². The van der Waals surface area contributed by atoms with Gasteiger partial charge < -0.3 is 21.1 Å². The number of nitrogens with two attached hydrogens (primary N) is 1. The number of carbonyl (C=O) groups excluding carboxylic acids is 2. The third-order valence-corrected chi connectivity index (χ3v) is 3.11. The molecular weight excluding hydrogens is 270 g/mol. The van der Waals surface area contributed by atoms with Crippen molar-refractivity contribution in [1.29, 1.82) is 0 Å². The number of hydrogen-bond acceptors (Lipinski definition) is 3. The first-order chi connectivity index (χ1) is 9.85. The number of ether oxygens (including phenoxy) is 1. The molecule has 1 rings (SSSR count). The molecule has 21 heavy (non-hydrogen) atoms. The molecule has 0 aliphatic carbocycles. The van der Waals surface area contributed by atoms with E-state index in [2.05, 4.69) is 10.6 Å². The minimum Gasteiger partial charge on any atom is -0.380 e. The van der Waals surface area contributed by atoms with Crippen molar-refractivity contribution < 1.29 is 14.3 Å². The lowest BCUT2D eigenvalue weighted by molar-refractivity contribution is -0.125. The summed E-state index contributed by atoms with van der Waals surface area (Å²) in [6.07, 6.45) is 0. The molecule has 116 valence electrons. The second-order valence-electron chi connectivity index (χ2n) is 5.54. The van der Waals surface area contributed by atoms with Crippen molar-refractivity contribution in [3.8, 4) is 0 Å². The highest BCUT2D eigenvalue weighted by Gasteiger charge is 2.25. The fraction of sp³-hybridized carbons (Fsp3) is 0.467. The Balaban J connectivity index is 2.43. The number of urea groups is 1. The van der Waals surface area contributed by atoms with Gasteiger partial charge in [-0.3, -0.25) is 4.79 Å². The number of amides is 3. The van der Waals surface area contributed by atoms with Crippen LogP contribution in [0, 0.1) is 5.41 Å². The van der Waals surface area contributed by atoms with Gasteiger partial charge in [-0.2, -0.15) is 0 Å². The van der Waals surface area contributed by atoms with E-state index in [0.717, 1.165) is 11.1 Å². The van der Waals surface area contributed by atoms with Gasteiger partial charge >= 0.3 is 6.03 Å². The number of methoxy groups -OCH3 is 1. The number of hydrogen-bond donors (Lipinski definition) is 3. The molecule has 0 spiro atoms. The van der Waals surface area contributed by atoms with E-state index in [4.69, 9.17) is 10.5 Å². The van der Waals surface area contributed by atoms with Gasteiger partial charge in [-0.15, -0.1) is 0 Å². The summed E-state index contributed by atoms with van der Waals surface area (Å²) in [5, 5.41) is 5.38. The van der Waals surface area contributed by atoms with Crippen molar-refractivity contribution in [1.82, 2.24) is 10.6 Å². The third kappa shape index (κ3) is 5.83. The zero-order valence-electron chi connectivity index (χ0n) is 12.7. The zero-order chi connectivity index (χ0) is 15.9. The lowest BCUT2D eigenvalue weighted by atomic mass is 9.93. The summed E-state index contributed by atoms with van der Waals surface area (Å²) in [6, 6.07) is 7.44. The highest BCUT2D eigenvalue weighted by Crippen LogP contribution is 2.11. The number of rotatable bonds is 7. The van der Waals surface area contributed by atoms with Gasteiger partial charge in [0.1, 0.15) is 0 Å². The fourth-order valence-corrected chi connectivity index (χ4v) is 1.63.